The summed E-state index contributed by atoms with van der Waals surface area (Å²) in [4.78, 5) is 17.4. The van der Waals surface area contributed by atoms with E-state index < -0.39 is 0 Å². The number of ether oxygens (including phenoxy) is 1. The summed E-state index contributed by atoms with van der Waals surface area (Å²) >= 11 is 0. The SMILES string of the molecule is CCCCCCc1ccc(C(=O)Nc2ccc(-n3nc(OCC)nc3-c3ccccc3C)cc2)cc1. The molecule has 3 aromatic carbocycles. The van der Waals surface area contributed by atoms with Gasteiger partial charge in [0.05, 0.1) is 12.3 Å². The molecule has 1 heterocycles. The maximum atomic E-state index is 12.8. The Kier molecular flexibility index (Phi) is 8.50. The fraction of sp³-hybridized carbons (Fsp3) is 0.300. The van der Waals surface area contributed by atoms with E-state index in [1.165, 1.54) is 31.2 Å². The fourth-order valence-corrected chi connectivity index (χ4v) is 4.13. The molecule has 0 unspecified atom stereocenters. The lowest BCUT2D eigenvalue weighted by Crippen LogP contribution is -2.12. The molecule has 0 saturated carbocycles. The van der Waals surface area contributed by atoms with Gasteiger partial charge in [-0.05, 0) is 74.2 Å². The molecule has 6 nitrogen and oxygen atoms in total. The standard InChI is InChI=1S/C30H34N4O2/c1-4-6-7-8-12-23-14-16-24(17-15-23)29(35)31-25-18-20-26(21-19-25)34-28(32-30(33-34)36-5-2)27-13-10-9-11-22(27)3/h9-11,13-21H,4-8,12H2,1-3H3,(H,31,35). The third-order valence-corrected chi connectivity index (χ3v) is 6.15. The minimum atomic E-state index is -0.125. The number of aryl methyl sites for hydroxylation is 2. The minimum Gasteiger partial charge on any atom is -0.463 e. The van der Waals surface area contributed by atoms with Crippen LogP contribution in [0.15, 0.2) is 72.8 Å². The monoisotopic (exact) mass is 482 g/mol. The molecule has 0 atom stereocenters. The summed E-state index contributed by atoms with van der Waals surface area (Å²) in [6.07, 6.45) is 6.01. The number of nitrogens with one attached hydrogen (secondary N) is 1. The van der Waals surface area contributed by atoms with Crippen LogP contribution in [0, 0.1) is 6.92 Å². The first-order valence-electron chi connectivity index (χ1n) is 12.8. The summed E-state index contributed by atoms with van der Waals surface area (Å²) in [6, 6.07) is 23.9. The van der Waals surface area contributed by atoms with Crippen molar-refractivity contribution >= 4 is 11.6 Å². The van der Waals surface area contributed by atoms with Crippen molar-refractivity contribution in [1.29, 1.82) is 0 Å². The molecule has 0 fully saturated rings. The lowest BCUT2D eigenvalue weighted by Gasteiger charge is -2.10. The van der Waals surface area contributed by atoms with Gasteiger partial charge in [0, 0.05) is 16.8 Å². The van der Waals surface area contributed by atoms with Crippen molar-refractivity contribution in [2.24, 2.45) is 0 Å². The Labute approximate surface area is 213 Å². The number of unbranched alkanes of at least 4 members (excludes halogenated alkanes) is 3. The van der Waals surface area contributed by atoms with Crippen LogP contribution in [0.2, 0.25) is 0 Å². The third kappa shape index (κ3) is 6.19. The van der Waals surface area contributed by atoms with Gasteiger partial charge in [0.1, 0.15) is 0 Å². The Balaban J connectivity index is 1.47. The number of nitrogens with zero attached hydrogens (tertiary/aromatic N) is 3. The van der Waals surface area contributed by atoms with Crippen LogP contribution in [0.3, 0.4) is 0 Å². The molecule has 0 bridgehead atoms. The van der Waals surface area contributed by atoms with Crippen LogP contribution in [0.5, 0.6) is 6.01 Å². The van der Waals surface area contributed by atoms with E-state index in [9.17, 15) is 4.79 Å². The average Bonchev–Trinajstić information content (AvgIpc) is 3.31. The highest BCUT2D eigenvalue weighted by Crippen LogP contribution is 2.27. The van der Waals surface area contributed by atoms with E-state index in [1.54, 1.807) is 4.68 Å². The molecule has 0 aliphatic carbocycles. The van der Waals surface area contributed by atoms with Crippen molar-refractivity contribution in [2.75, 3.05) is 11.9 Å². The van der Waals surface area contributed by atoms with Crippen LogP contribution in [0.4, 0.5) is 5.69 Å². The van der Waals surface area contributed by atoms with Crippen molar-refractivity contribution < 1.29 is 9.53 Å². The molecule has 0 spiro atoms. The van der Waals surface area contributed by atoms with Gasteiger partial charge in [-0.2, -0.15) is 4.98 Å². The number of hydrogen-bond donors (Lipinski definition) is 1. The summed E-state index contributed by atoms with van der Waals surface area (Å²) in [6.45, 7) is 6.66. The highest BCUT2D eigenvalue weighted by atomic mass is 16.5. The molecule has 36 heavy (non-hydrogen) atoms. The fourth-order valence-electron chi connectivity index (χ4n) is 4.13. The number of hydrogen-bond acceptors (Lipinski definition) is 4. The smallest absolute Gasteiger partial charge is 0.336 e. The van der Waals surface area contributed by atoms with Gasteiger partial charge in [0.2, 0.25) is 0 Å². The molecule has 6 heteroatoms. The van der Waals surface area contributed by atoms with Gasteiger partial charge in [-0.15, -0.1) is 5.10 Å². The Bertz CT molecular complexity index is 1280. The second-order valence-corrected chi connectivity index (χ2v) is 8.89. The lowest BCUT2D eigenvalue weighted by atomic mass is 10.0. The molecular formula is C30H34N4O2. The maximum Gasteiger partial charge on any atom is 0.336 e. The van der Waals surface area contributed by atoms with Crippen LogP contribution in [-0.2, 0) is 6.42 Å². The van der Waals surface area contributed by atoms with E-state index >= 15 is 0 Å². The van der Waals surface area contributed by atoms with Gasteiger partial charge in [-0.25, -0.2) is 4.68 Å². The molecule has 1 N–H and O–H groups in total. The second-order valence-electron chi connectivity index (χ2n) is 8.89. The first-order valence-corrected chi connectivity index (χ1v) is 12.8. The summed E-state index contributed by atoms with van der Waals surface area (Å²) in [5, 5.41) is 7.55. The number of anilines is 1. The number of aromatic nitrogens is 3. The highest BCUT2D eigenvalue weighted by molar-refractivity contribution is 6.04. The van der Waals surface area contributed by atoms with E-state index in [-0.39, 0.29) is 5.91 Å². The number of rotatable bonds is 11. The molecule has 186 valence electrons. The Morgan fingerprint density at radius 2 is 1.67 bits per heavy atom. The van der Waals surface area contributed by atoms with Gasteiger partial charge in [0.25, 0.3) is 5.91 Å². The summed E-state index contributed by atoms with van der Waals surface area (Å²) in [5.41, 5.74) is 5.56. The molecule has 1 aromatic heterocycles. The molecule has 0 aliphatic rings. The Morgan fingerprint density at radius 1 is 0.917 bits per heavy atom. The van der Waals surface area contributed by atoms with E-state index in [0.29, 0.717) is 24.0 Å². The van der Waals surface area contributed by atoms with E-state index in [1.807, 2.05) is 74.5 Å². The topological polar surface area (TPSA) is 69.0 Å². The van der Waals surface area contributed by atoms with Crippen LogP contribution in [-0.4, -0.2) is 27.3 Å². The quantitative estimate of drug-likeness (QED) is 0.233. The van der Waals surface area contributed by atoms with Crippen molar-refractivity contribution in [3.8, 4) is 23.1 Å². The van der Waals surface area contributed by atoms with E-state index in [0.717, 1.165) is 28.9 Å². The lowest BCUT2D eigenvalue weighted by molar-refractivity contribution is 0.102. The summed E-state index contributed by atoms with van der Waals surface area (Å²) in [5.74, 6) is 0.586. The second kappa shape index (κ2) is 12.2. The predicted octanol–water partition coefficient (Wildman–Crippen LogP) is 7.02. The third-order valence-electron chi connectivity index (χ3n) is 6.15. The van der Waals surface area contributed by atoms with Gasteiger partial charge < -0.3 is 10.1 Å². The van der Waals surface area contributed by atoms with Crippen LogP contribution in [0.25, 0.3) is 17.1 Å². The predicted molar refractivity (Wildman–Crippen MR) is 145 cm³/mol. The van der Waals surface area contributed by atoms with Crippen LogP contribution >= 0.6 is 0 Å². The van der Waals surface area contributed by atoms with Gasteiger partial charge in [-0.1, -0.05) is 62.6 Å². The summed E-state index contributed by atoms with van der Waals surface area (Å²) in [7, 11) is 0. The molecule has 0 radical (unpaired) electrons. The number of amides is 1. The van der Waals surface area contributed by atoms with E-state index in [4.69, 9.17) is 4.74 Å². The maximum absolute atomic E-state index is 12.8. The Morgan fingerprint density at radius 3 is 2.36 bits per heavy atom. The normalized spacial score (nSPS) is 10.9. The molecule has 4 aromatic rings. The van der Waals surface area contributed by atoms with Gasteiger partial charge in [-0.3, -0.25) is 4.79 Å². The number of carbonyl (C=O) groups is 1. The highest BCUT2D eigenvalue weighted by Gasteiger charge is 2.16. The first-order chi connectivity index (χ1) is 17.6. The summed E-state index contributed by atoms with van der Waals surface area (Å²) < 4.78 is 7.35. The molecule has 0 saturated heterocycles. The molecule has 1 amide bonds. The first kappa shape index (κ1) is 25.2. The average molecular weight is 483 g/mol. The van der Waals surface area contributed by atoms with Crippen molar-refractivity contribution in [1.82, 2.24) is 14.8 Å². The van der Waals surface area contributed by atoms with Gasteiger partial charge >= 0.3 is 6.01 Å². The number of carbonyl (C=O) groups excluding carboxylic acids is 1. The van der Waals surface area contributed by atoms with E-state index in [2.05, 4.69) is 34.5 Å². The molecule has 4 rings (SSSR count). The zero-order valence-corrected chi connectivity index (χ0v) is 21.3. The molecule has 0 aliphatic heterocycles. The van der Waals surface area contributed by atoms with Gasteiger partial charge in [0.15, 0.2) is 5.82 Å². The van der Waals surface area contributed by atoms with Crippen LogP contribution < -0.4 is 10.1 Å². The zero-order chi connectivity index (χ0) is 25.3. The van der Waals surface area contributed by atoms with Crippen molar-refractivity contribution in [3.63, 3.8) is 0 Å². The molecular weight excluding hydrogens is 448 g/mol. The Hall–Kier alpha value is -3.93. The van der Waals surface area contributed by atoms with Crippen LogP contribution in [0.1, 0.15) is 61.0 Å². The minimum absolute atomic E-state index is 0.125. The number of benzene rings is 3. The largest absolute Gasteiger partial charge is 0.463 e. The van der Waals surface area contributed by atoms with Crippen molar-refractivity contribution in [3.05, 3.63) is 89.5 Å². The van der Waals surface area contributed by atoms with Crippen molar-refractivity contribution in [2.45, 2.75) is 52.9 Å². The zero-order valence-electron chi connectivity index (χ0n) is 21.3.